The van der Waals surface area contributed by atoms with Crippen LogP contribution in [0.25, 0.3) is 0 Å². The van der Waals surface area contributed by atoms with Gasteiger partial charge in [0, 0.05) is 22.8 Å². The summed E-state index contributed by atoms with van der Waals surface area (Å²) in [5.74, 6) is 0. The molecule has 2 rings (SSSR count). The van der Waals surface area contributed by atoms with Crippen molar-refractivity contribution in [2.24, 2.45) is 0 Å². The minimum absolute atomic E-state index is 0.0682. The van der Waals surface area contributed by atoms with Crippen LogP contribution in [0, 0.1) is 11.3 Å². The van der Waals surface area contributed by atoms with E-state index in [1.807, 2.05) is 18.3 Å². The fraction of sp³-hybridized carbons (Fsp3) is 0.231. The third-order valence-corrected chi connectivity index (χ3v) is 3.09. The van der Waals surface area contributed by atoms with Gasteiger partial charge in [0.2, 0.25) is 0 Å². The SMILES string of the molecule is N#Cc1ccc(Br)cc1NCc1cnn(CCO)c1. The number of aliphatic hydroxyl groups is 1. The maximum absolute atomic E-state index is 9.03. The molecule has 1 heterocycles. The highest BCUT2D eigenvalue weighted by molar-refractivity contribution is 9.10. The predicted molar refractivity (Wildman–Crippen MR) is 75.5 cm³/mol. The van der Waals surface area contributed by atoms with Crippen molar-refractivity contribution in [2.45, 2.75) is 13.1 Å². The number of nitrogens with one attached hydrogen (secondary N) is 1. The van der Waals surface area contributed by atoms with Crippen molar-refractivity contribution in [3.63, 3.8) is 0 Å². The Kier molecular flexibility index (Phi) is 4.55. The van der Waals surface area contributed by atoms with Gasteiger partial charge in [-0.2, -0.15) is 10.4 Å². The average Bonchev–Trinajstić information content (AvgIpc) is 2.85. The molecule has 0 radical (unpaired) electrons. The molecule has 2 aromatic rings. The highest BCUT2D eigenvalue weighted by Crippen LogP contribution is 2.21. The second-order valence-corrected chi connectivity index (χ2v) is 4.91. The first kappa shape index (κ1) is 13.6. The Balaban J connectivity index is 2.05. The summed E-state index contributed by atoms with van der Waals surface area (Å²) in [5, 5.41) is 25.2. The molecule has 6 heteroatoms. The van der Waals surface area contributed by atoms with E-state index in [-0.39, 0.29) is 6.61 Å². The van der Waals surface area contributed by atoms with E-state index in [9.17, 15) is 0 Å². The molecule has 0 atom stereocenters. The summed E-state index contributed by atoms with van der Waals surface area (Å²) in [6.45, 7) is 1.13. The van der Waals surface area contributed by atoms with Gasteiger partial charge in [-0.3, -0.25) is 4.68 Å². The molecule has 0 fully saturated rings. The summed E-state index contributed by atoms with van der Waals surface area (Å²) in [6.07, 6.45) is 3.61. The van der Waals surface area contributed by atoms with E-state index in [0.29, 0.717) is 18.7 Å². The third-order valence-electron chi connectivity index (χ3n) is 2.60. The molecule has 0 spiro atoms. The summed E-state index contributed by atoms with van der Waals surface area (Å²) in [4.78, 5) is 0. The number of aromatic nitrogens is 2. The first-order valence-corrected chi connectivity index (χ1v) is 6.58. The highest BCUT2D eigenvalue weighted by atomic mass is 79.9. The molecule has 1 aromatic carbocycles. The second kappa shape index (κ2) is 6.36. The number of halogens is 1. The van der Waals surface area contributed by atoms with Crippen LogP contribution in [-0.2, 0) is 13.1 Å². The van der Waals surface area contributed by atoms with Crippen molar-refractivity contribution in [2.75, 3.05) is 11.9 Å². The fourth-order valence-electron chi connectivity index (χ4n) is 1.68. The molecule has 5 nitrogen and oxygen atoms in total. The summed E-state index contributed by atoms with van der Waals surface area (Å²) < 4.78 is 2.60. The van der Waals surface area contributed by atoms with E-state index in [1.54, 1.807) is 16.9 Å². The van der Waals surface area contributed by atoms with Crippen LogP contribution in [0.4, 0.5) is 5.69 Å². The zero-order valence-corrected chi connectivity index (χ0v) is 11.8. The Morgan fingerprint density at radius 2 is 2.32 bits per heavy atom. The number of benzene rings is 1. The van der Waals surface area contributed by atoms with Gasteiger partial charge in [0.05, 0.1) is 30.6 Å². The average molecular weight is 321 g/mol. The molecule has 1 aromatic heterocycles. The van der Waals surface area contributed by atoms with E-state index < -0.39 is 0 Å². The van der Waals surface area contributed by atoms with Gasteiger partial charge in [-0.1, -0.05) is 15.9 Å². The van der Waals surface area contributed by atoms with Crippen molar-refractivity contribution in [3.05, 3.63) is 46.2 Å². The summed E-state index contributed by atoms with van der Waals surface area (Å²) in [7, 11) is 0. The van der Waals surface area contributed by atoms with Crippen LogP contribution in [0.3, 0.4) is 0 Å². The van der Waals surface area contributed by atoms with Crippen molar-refractivity contribution in [1.29, 1.82) is 5.26 Å². The van der Waals surface area contributed by atoms with Crippen LogP contribution in [0.1, 0.15) is 11.1 Å². The van der Waals surface area contributed by atoms with Gasteiger partial charge in [0.15, 0.2) is 0 Å². The number of nitrogens with zero attached hydrogens (tertiary/aromatic N) is 3. The molecular formula is C13H13BrN4O. The molecule has 2 N–H and O–H groups in total. The van der Waals surface area contributed by atoms with E-state index in [1.165, 1.54) is 0 Å². The van der Waals surface area contributed by atoms with E-state index in [4.69, 9.17) is 10.4 Å². The monoisotopic (exact) mass is 320 g/mol. The van der Waals surface area contributed by atoms with Crippen LogP contribution < -0.4 is 5.32 Å². The fourth-order valence-corrected chi connectivity index (χ4v) is 2.04. The Morgan fingerprint density at radius 3 is 3.05 bits per heavy atom. The van der Waals surface area contributed by atoms with Crippen molar-refractivity contribution in [3.8, 4) is 6.07 Å². The number of hydrogen-bond donors (Lipinski definition) is 2. The quantitative estimate of drug-likeness (QED) is 0.885. The van der Waals surface area contributed by atoms with Crippen LogP contribution in [0.5, 0.6) is 0 Å². The molecule has 0 aliphatic rings. The Bertz CT molecular complexity index is 603. The number of nitriles is 1. The number of rotatable bonds is 5. The van der Waals surface area contributed by atoms with Gasteiger partial charge >= 0.3 is 0 Å². The maximum Gasteiger partial charge on any atom is 0.101 e. The molecule has 0 aliphatic heterocycles. The zero-order valence-electron chi connectivity index (χ0n) is 10.2. The molecule has 0 bridgehead atoms. The lowest BCUT2D eigenvalue weighted by Crippen LogP contribution is -2.03. The topological polar surface area (TPSA) is 73.9 Å². The second-order valence-electron chi connectivity index (χ2n) is 3.99. The molecule has 0 amide bonds. The number of hydrogen-bond acceptors (Lipinski definition) is 4. The molecule has 19 heavy (non-hydrogen) atoms. The Labute approximate surface area is 119 Å². The molecular weight excluding hydrogens is 308 g/mol. The first-order valence-electron chi connectivity index (χ1n) is 5.78. The largest absolute Gasteiger partial charge is 0.394 e. The predicted octanol–water partition coefficient (Wildman–Crippen LogP) is 2.12. The Hall–Kier alpha value is -1.84. The zero-order chi connectivity index (χ0) is 13.7. The van der Waals surface area contributed by atoms with Gasteiger partial charge in [0.1, 0.15) is 6.07 Å². The van der Waals surface area contributed by atoms with E-state index >= 15 is 0 Å². The van der Waals surface area contributed by atoms with Crippen LogP contribution in [0.15, 0.2) is 35.1 Å². The van der Waals surface area contributed by atoms with Crippen LogP contribution in [0.2, 0.25) is 0 Å². The van der Waals surface area contributed by atoms with Crippen molar-refractivity contribution >= 4 is 21.6 Å². The summed E-state index contributed by atoms with van der Waals surface area (Å²) in [6, 6.07) is 7.62. The van der Waals surface area contributed by atoms with E-state index in [2.05, 4.69) is 32.4 Å². The molecule has 0 saturated heterocycles. The van der Waals surface area contributed by atoms with Crippen LogP contribution in [-0.4, -0.2) is 21.5 Å². The third kappa shape index (κ3) is 3.56. The number of aliphatic hydroxyl groups excluding tert-OH is 1. The van der Waals surface area contributed by atoms with Gasteiger partial charge in [0.25, 0.3) is 0 Å². The van der Waals surface area contributed by atoms with Gasteiger partial charge in [-0.25, -0.2) is 0 Å². The maximum atomic E-state index is 9.03. The first-order chi connectivity index (χ1) is 9.22. The minimum Gasteiger partial charge on any atom is -0.394 e. The van der Waals surface area contributed by atoms with Crippen LogP contribution >= 0.6 is 15.9 Å². The smallest absolute Gasteiger partial charge is 0.101 e. The normalized spacial score (nSPS) is 10.2. The molecule has 98 valence electrons. The Morgan fingerprint density at radius 1 is 1.47 bits per heavy atom. The highest BCUT2D eigenvalue weighted by Gasteiger charge is 2.04. The van der Waals surface area contributed by atoms with Gasteiger partial charge in [-0.15, -0.1) is 0 Å². The molecule has 0 unspecified atom stereocenters. The van der Waals surface area contributed by atoms with Crippen molar-refractivity contribution < 1.29 is 5.11 Å². The lowest BCUT2D eigenvalue weighted by Gasteiger charge is -2.07. The van der Waals surface area contributed by atoms with Gasteiger partial charge in [-0.05, 0) is 18.2 Å². The minimum atomic E-state index is 0.0682. The van der Waals surface area contributed by atoms with Crippen molar-refractivity contribution in [1.82, 2.24) is 9.78 Å². The van der Waals surface area contributed by atoms with E-state index in [0.717, 1.165) is 15.7 Å². The lowest BCUT2D eigenvalue weighted by molar-refractivity contribution is 0.269. The molecule has 0 saturated carbocycles. The molecule has 0 aliphatic carbocycles. The summed E-state index contributed by atoms with van der Waals surface area (Å²) >= 11 is 3.38. The standard InChI is InChI=1S/C13H13BrN4O/c14-12-2-1-11(6-15)13(5-12)16-7-10-8-17-18(9-10)3-4-19/h1-2,5,8-9,16,19H,3-4,7H2. The summed E-state index contributed by atoms with van der Waals surface area (Å²) in [5.41, 5.74) is 2.38. The van der Waals surface area contributed by atoms with Gasteiger partial charge < -0.3 is 10.4 Å². The lowest BCUT2D eigenvalue weighted by atomic mass is 10.2. The number of anilines is 1.